The number of ether oxygens (including phenoxy) is 1. The minimum atomic E-state index is -0.228. The van der Waals surface area contributed by atoms with Crippen molar-refractivity contribution in [3.63, 3.8) is 0 Å². The average molecular weight is 443 g/mol. The van der Waals surface area contributed by atoms with Crippen LogP contribution in [0.3, 0.4) is 0 Å². The van der Waals surface area contributed by atoms with E-state index in [9.17, 15) is 14.4 Å². The summed E-state index contributed by atoms with van der Waals surface area (Å²) in [6.45, 7) is 2.58. The van der Waals surface area contributed by atoms with E-state index in [4.69, 9.17) is 4.74 Å². The van der Waals surface area contributed by atoms with Gasteiger partial charge in [-0.25, -0.2) is 0 Å². The first-order valence-corrected chi connectivity index (χ1v) is 10.9. The molecule has 0 saturated carbocycles. The SMILES string of the molecule is CC(=O)c1ccc2c(c1)N(CCC(=O)N(Cc1ccccc1)Cc1ccccc1)C(=O)CO2. The Morgan fingerprint density at radius 2 is 1.52 bits per heavy atom. The molecule has 0 radical (unpaired) electrons. The van der Waals surface area contributed by atoms with Crippen molar-refractivity contribution in [2.75, 3.05) is 18.1 Å². The molecule has 0 aromatic heterocycles. The molecule has 0 N–H and O–H groups in total. The molecule has 2 amide bonds. The summed E-state index contributed by atoms with van der Waals surface area (Å²) >= 11 is 0. The average Bonchev–Trinajstić information content (AvgIpc) is 2.83. The molecule has 1 aliphatic rings. The Morgan fingerprint density at radius 1 is 0.909 bits per heavy atom. The molecule has 0 spiro atoms. The quantitative estimate of drug-likeness (QED) is 0.490. The van der Waals surface area contributed by atoms with Gasteiger partial charge in [0.25, 0.3) is 5.91 Å². The van der Waals surface area contributed by atoms with Gasteiger partial charge in [0.05, 0.1) is 5.69 Å². The third-order valence-corrected chi connectivity index (χ3v) is 5.64. The van der Waals surface area contributed by atoms with E-state index in [0.717, 1.165) is 11.1 Å². The zero-order valence-electron chi connectivity index (χ0n) is 18.6. The van der Waals surface area contributed by atoms with Crippen LogP contribution in [0.15, 0.2) is 78.9 Å². The van der Waals surface area contributed by atoms with E-state index < -0.39 is 0 Å². The van der Waals surface area contributed by atoms with Gasteiger partial charge in [0.2, 0.25) is 5.91 Å². The molecule has 168 valence electrons. The Kier molecular flexibility index (Phi) is 6.83. The lowest BCUT2D eigenvalue weighted by atomic mass is 10.1. The van der Waals surface area contributed by atoms with Crippen molar-refractivity contribution >= 4 is 23.3 Å². The number of Topliss-reactive ketones (excluding diaryl/α,β-unsaturated/α-hetero) is 1. The van der Waals surface area contributed by atoms with Crippen LogP contribution in [0.2, 0.25) is 0 Å². The fourth-order valence-corrected chi connectivity index (χ4v) is 3.87. The highest BCUT2D eigenvalue weighted by Crippen LogP contribution is 2.33. The van der Waals surface area contributed by atoms with Gasteiger partial charge < -0.3 is 14.5 Å². The number of fused-ring (bicyclic) bond motifs is 1. The van der Waals surface area contributed by atoms with Crippen LogP contribution in [0, 0.1) is 0 Å². The fourth-order valence-electron chi connectivity index (χ4n) is 3.87. The first-order valence-electron chi connectivity index (χ1n) is 10.9. The highest BCUT2D eigenvalue weighted by atomic mass is 16.5. The topological polar surface area (TPSA) is 66.9 Å². The van der Waals surface area contributed by atoms with Gasteiger partial charge in [-0.05, 0) is 36.2 Å². The lowest BCUT2D eigenvalue weighted by molar-refractivity contribution is -0.132. The van der Waals surface area contributed by atoms with E-state index in [1.54, 1.807) is 23.1 Å². The summed E-state index contributed by atoms with van der Waals surface area (Å²) in [5.74, 6) is 0.168. The molecule has 0 aliphatic carbocycles. The number of carbonyl (C=O) groups is 3. The van der Waals surface area contributed by atoms with Crippen LogP contribution < -0.4 is 9.64 Å². The summed E-state index contributed by atoms with van der Waals surface area (Å²) in [7, 11) is 0. The third-order valence-electron chi connectivity index (χ3n) is 5.64. The second kappa shape index (κ2) is 10.1. The van der Waals surface area contributed by atoms with Crippen LogP contribution in [-0.2, 0) is 22.7 Å². The molecule has 1 heterocycles. The van der Waals surface area contributed by atoms with Gasteiger partial charge in [0.1, 0.15) is 5.75 Å². The molecule has 0 unspecified atom stereocenters. The minimum Gasteiger partial charge on any atom is -0.482 e. The van der Waals surface area contributed by atoms with Crippen LogP contribution in [0.25, 0.3) is 0 Å². The molecule has 33 heavy (non-hydrogen) atoms. The van der Waals surface area contributed by atoms with E-state index in [1.165, 1.54) is 6.92 Å². The van der Waals surface area contributed by atoms with Gasteiger partial charge in [-0.15, -0.1) is 0 Å². The monoisotopic (exact) mass is 442 g/mol. The largest absolute Gasteiger partial charge is 0.482 e. The summed E-state index contributed by atoms with van der Waals surface area (Å²) in [6.07, 6.45) is 0.162. The number of hydrogen-bond acceptors (Lipinski definition) is 4. The van der Waals surface area contributed by atoms with Crippen LogP contribution >= 0.6 is 0 Å². The maximum atomic E-state index is 13.3. The molecule has 6 nitrogen and oxygen atoms in total. The molecule has 3 aromatic carbocycles. The molecule has 0 fully saturated rings. The molecule has 3 aromatic rings. The van der Waals surface area contributed by atoms with E-state index in [2.05, 4.69) is 0 Å². The lowest BCUT2D eigenvalue weighted by Gasteiger charge is -2.30. The predicted molar refractivity (Wildman–Crippen MR) is 126 cm³/mol. The number of benzene rings is 3. The number of amides is 2. The number of nitrogens with zero attached hydrogens (tertiary/aromatic N) is 2. The maximum absolute atomic E-state index is 13.3. The summed E-state index contributed by atoms with van der Waals surface area (Å²) < 4.78 is 5.52. The van der Waals surface area contributed by atoms with Crippen molar-refractivity contribution in [3.05, 3.63) is 95.6 Å². The smallest absolute Gasteiger partial charge is 0.265 e. The molecular formula is C27H26N2O4. The number of anilines is 1. The van der Waals surface area contributed by atoms with Crippen molar-refractivity contribution in [1.82, 2.24) is 4.90 Å². The number of carbonyl (C=O) groups excluding carboxylic acids is 3. The van der Waals surface area contributed by atoms with Gasteiger partial charge in [-0.3, -0.25) is 14.4 Å². The van der Waals surface area contributed by atoms with E-state index in [1.807, 2.05) is 65.6 Å². The van der Waals surface area contributed by atoms with Crippen molar-refractivity contribution < 1.29 is 19.1 Å². The number of rotatable bonds is 8. The predicted octanol–water partition coefficient (Wildman–Crippen LogP) is 4.23. The van der Waals surface area contributed by atoms with Gasteiger partial charge in [0, 0.05) is 31.6 Å². The van der Waals surface area contributed by atoms with E-state index >= 15 is 0 Å². The number of ketones is 1. The minimum absolute atomic E-state index is 0.0497. The second-order valence-corrected chi connectivity index (χ2v) is 8.04. The van der Waals surface area contributed by atoms with Crippen molar-refractivity contribution in [2.45, 2.75) is 26.4 Å². The molecule has 1 aliphatic heterocycles. The van der Waals surface area contributed by atoms with Gasteiger partial charge in [-0.1, -0.05) is 60.7 Å². The fraction of sp³-hybridized carbons (Fsp3) is 0.222. The Bertz CT molecular complexity index is 1100. The first-order chi connectivity index (χ1) is 16.0. The van der Waals surface area contributed by atoms with E-state index in [-0.39, 0.29) is 37.2 Å². The zero-order chi connectivity index (χ0) is 23.2. The standard InChI is InChI=1S/C27H26N2O4/c1-20(30)23-12-13-25-24(16-23)29(27(32)19-33-25)15-14-26(31)28(17-21-8-4-2-5-9-21)18-22-10-6-3-7-11-22/h2-13,16H,14-15,17-19H2,1H3. The van der Waals surface area contributed by atoms with Crippen molar-refractivity contribution in [2.24, 2.45) is 0 Å². The zero-order valence-corrected chi connectivity index (χ0v) is 18.6. The molecule has 0 saturated heterocycles. The lowest BCUT2D eigenvalue weighted by Crippen LogP contribution is -2.41. The Balaban J connectivity index is 1.51. The Labute approximate surface area is 193 Å². The van der Waals surface area contributed by atoms with Gasteiger partial charge in [-0.2, -0.15) is 0 Å². The van der Waals surface area contributed by atoms with Crippen LogP contribution in [-0.4, -0.2) is 35.6 Å². The highest BCUT2D eigenvalue weighted by Gasteiger charge is 2.27. The molecule has 6 heteroatoms. The molecular weight excluding hydrogens is 416 g/mol. The second-order valence-electron chi connectivity index (χ2n) is 8.04. The van der Waals surface area contributed by atoms with Gasteiger partial charge in [0.15, 0.2) is 12.4 Å². The van der Waals surface area contributed by atoms with Crippen LogP contribution in [0.1, 0.15) is 34.8 Å². The normalized spacial score (nSPS) is 12.6. The summed E-state index contributed by atoms with van der Waals surface area (Å²) in [6, 6.07) is 24.7. The Morgan fingerprint density at radius 3 is 2.09 bits per heavy atom. The summed E-state index contributed by atoms with van der Waals surface area (Å²) in [5.41, 5.74) is 3.11. The van der Waals surface area contributed by atoms with Crippen LogP contribution in [0.5, 0.6) is 5.75 Å². The molecule has 0 atom stereocenters. The summed E-state index contributed by atoms with van der Waals surface area (Å²) in [4.78, 5) is 41.1. The Hall–Kier alpha value is -3.93. The highest BCUT2D eigenvalue weighted by molar-refractivity contribution is 6.01. The van der Waals surface area contributed by atoms with Crippen molar-refractivity contribution in [1.29, 1.82) is 0 Å². The van der Waals surface area contributed by atoms with Gasteiger partial charge >= 0.3 is 0 Å². The number of hydrogen-bond donors (Lipinski definition) is 0. The summed E-state index contributed by atoms with van der Waals surface area (Å²) in [5, 5.41) is 0. The van der Waals surface area contributed by atoms with E-state index in [0.29, 0.717) is 30.1 Å². The first kappa shape index (κ1) is 22.3. The maximum Gasteiger partial charge on any atom is 0.265 e. The molecule has 0 bridgehead atoms. The third kappa shape index (κ3) is 5.47. The van der Waals surface area contributed by atoms with Crippen LogP contribution in [0.4, 0.5) is 5.69 Å². The molecule has 4 rings (SSSR count). The van der Waals surface area contributed by atoms with Crippen molar-refractivity contribution in [3.8, 4) is 5.75 Å².